The molecule has 1 N–H and O–H groups in total. The summed E-state index contributed by atoms with van der Waals surface area (Å²) >= 11 is 0. The third-order valence-corrected chi connectivity index (χ3v) is 5.01. The van der Waals surface area contributed by atoms with E-state index in [2.05, 4.69) is 0 Å². The van der Waals surface area contributed by atoms with Gasteiger partial charge in [0.25, 0.3) is 11.7 Å². The van der Waals surface area contributed by atoms with E-state index in [1.165, 1.54) is 4.90 Å². The number of aliphatic hydroxyl groups excluding tert-OH is 1. The maximum atomic E-state index is 12.9. The molecule has 28 heavy (non-hydrogen) atoms. The number of furan rings is 1. The zero-order valence-corrected chi connectivity index (χ0v) is 16.9. The largest absolute Gasteiger partial charge is 0.507 e. The van der Waals surface area contributed by atoms with E-state index in [0.717, 1.165) is 11.1 Å². The fourth-order valence-electron chi connectivity index (χ4n) is 3.45. The summed E-state index contributed by atoms with van der Waals surface area (Å²) in [6.07, 6.45) is 0. The fraction of sp³-hybridized carbons (Fsp3) is 0.364. The summed E-state index contributed by atoms with van der Waals surface area (Å²) in [5.41, 5.74) is 2.42. The van der Waals surface area contributed by atoms with E-state index in [9.17, 15) is 14.7 Å². The van der Waals surface area contributed by atoms with E-state index >= 15 is 0 Å². The number of nitrogens with zero attached hydrogens (tertiary/aromatic N) is 2. The summed E-state index contributed by atoms with van der Waals surface area (Å²) in [4.78, 5) is 29.1. The molecule has 1 fully saturated rings. The zero-order valence-electron chi connectivity index (χ0n) is 16.9. The number of Topliss-reactive ketones (excluding diaryl/α,β-unsaturated/α-hetero) is 1. The Bertz CT molecular complexity index is 955. The highest BCUT2D eigenvalue weighted by atomic mass is 16.3. The van der Waals surface area contributed by atoms with Crippen molar-refractivity contribution in [2.45, 2.75) is 26.8 Å². The van der Waals surface area contributed by atoms with Gasteiger partial charge in [-0.25, -0.2) is 0 Å². The average Bonchev–Trinajstić information content (AvgIpc) is 3.16. The highest BCUT2D eigenvalue weighted by Gasteiger charge is 2.47. The van der Waals surface area contributed by atoms with Crippen molar-refractivity contribution in [2.24, 2.45) is 0 Å². The third-order valence-electron chi connectivity index (χ3n) is 5.01. The highest BCUT2D eigenvalue weighted by molar-refractivity contribution is 6.46. The van der Waals surface area contributed by atoms with Gasteiger partial charge >= 0.3 is 0 Å². The van der Waals surface area contributed by atoms with Gasteiger partial charge in [-0.2, -0.15) is 0 Å². The van der Waals surface area contributed by atoms with Crippen LogP contribution in [-0.2, 0) is 9.59 Å². The van der Waals surface area contributed by atoms with Crippen LogP contribution in [0.5, 0.6) is 0 Å². The van der Waals surface area contributed by atoms with Crippen LogP contribution in [0.15, 0.2) is 40.3 Å². The van der Waals surface area contributed by atoms with E-state index in [-0.39, 0.29) is 11.3 Å². The number of hydrogen-bond acceptors (Lipinski definition) is 5. The van der Waals surface area contributed by atoms with Crippen LogP contribution in [-0.4, -0.2) is 53.8 Å². The molecule has 3 rings (SSSR count). The molecule has 0 radical (unpaired) electrons. The Morgan fingerprint density at radius 2 is 1.86 bits per heavy atom. The lowest BCUT2D eigenvalue weighted by Crippen LogP contribution is -2.35. The van der Waals surface area contributed by atoms with Crippen LogP contribution in [0, 0.1) is 20.8 Å². The number of carbonyl (C=O) groups is 2. The molecule has 2 aromatic rings. The molecule has 0 spiro atoms. The number of carbonyl (C=O) groups excluding carboxylic acids is 2. The molecule has 1 amide bonds. The lowest BCUT2D eigenvalue weighted by molar-refractivity contribution is -0.140. The molecule has 0 bridgehead atoms. The molecule has 1 aromatic heterocycles. The van der Waals surface area contributed by atoms with E-state index in [0.29, 0.717) is 30.2 Å². The molecule has 0 saturated carbocycles. The van der Waals surface area contributed by atoms with E-state index < -0.39 is 17.7 Å². The van der Waals surface area contributed by atoms with Gasteiger partial charge < -0.3 is 19.3 Å². The van der Waals surface area contributed by atoms with E-state index in [1.54, 1.807) is 19.1 Å². The van der Waals surface area contributed by atoms with Gasteiger partial charge in [0.2, 0.25) is 0 Å². The van der Waals surface area contributed by atoms with Gasteiger partial charge in [0.05, 0.1) is 5.57 Å². The first-order valence-electron chi connectivity index (χ1n) is 9.27. The minimum atomic E-state index is -0.742. The molecule has 2 heterocycles. The molecule has 148 valence electrons. The molecule has 1 aromatic carbocycles. The number of likely N-dealkylation sites (tertiary alicyclic amines) is 1. The van der Waals surface area contributed by atoms with E-state index in [1.807, 2.05) is 51.0 Å². The van der Waals surface area contributed by atoms with Gasteiger partial charge in [-0.05, 0) is 58.6 Å². The van der Waals surface area contributed by atoms with Crippen molar-refractivity contribution in [2.75, 3.05) is 27.2 Å². The van der Waals surface area contributed by atoms with Crippen molar-refractivity contribution in [1.29, 1.82) is 0 Å². The average molecular weight is 382 g/mol. The second-order valence-electron chi connectivity index (χ2n) is 7.56. The van der Waals surface area contributed by atoms with Gasteiger partial charge in [-0.15, -0.1) is 0 Å². The Balaban J connectivity index is 2.17. The van der Waals surface area contributed by atoms with E-state index in [4.69, 9.17) is 4.42 Å². The molecule has 6 nitrogen and oxygen atoms in total. The van der Waals surface area contributed by atoms with Crippen molar-refractivity contribution in [3.05, 3.63) is 64.1 Å². The van der Waals surface area contributed by atoms with Crippen LogP contribution in [0.1, 0.15) is 34.3 Å². The molecular weight excluding hydrogens is 356 g/mol. The standard InChI is InChI=1S/C22H26N2O4/c1-13-6-7-14(2)16(12-13)20(25)18-19(17-9-8-15(3)28-17)24(11-10-23(4)5)22(27)21(18)26/h6-9,12,19,25H,10-11H2,1-5H3/b20-18+. The fourth-order valence-corrected chi connectivity index (χ4v) is 3.45. The Morgan fingerprint density at radius 3 is 2.46 bits per heavy atom. The van der Waals surface area contributed by atoms with Gasteiger partial charge in [0.1, 0.15) is 23.3 Å². The third kappa shape index (κ3) is 3.60. The van der Waals surface area contributed by atoms with Crippen LogP contribution in [0.25, 0.3) is 5.76 Å². The van der Waals surface area contributed by atoms with Crippen molar-refractivity contribution in [1.82, 2.24) is 9.80 Å². The second-order valence-corrected chi connectivity index (χ2v) is 7.56. The maximum absolute atomic E-state index is 12.9. The van der Waals surface area contributed by atoms with Crippen molar-refractivity contribution in [3.63, 3.8) is 0 Å². The minimum Gasteiger partial charge on any atom is -0.507 e. The van der Waals surface area contributed by atoms with Crippen LogP contribution >= 0.6 is 0 Å². The van der Waals surface area contributed by atoms with Crippen LogP contribution in [0.4, 0.5) is 0 Å². The number of aliphatic hydroxyl groups is 1. The zero-order chi connectivity index (χ0) is 20.6. The molecule has 1 aliphatic rings. The molecular formula is C22H26N2O4. The lowest BCUT2D eigenvalue weighted by atomic mass is 9.96. The quantitative estimate of drug-likeness (QED) is 0.488. The Labute approximate surface area is 165 Å². The van der Waals surface area contributed by atoms with Crippen LogP contribution in [0.3, 0.4) is 0 Å². The van der Waals surface area contributed by atoms with Crippen LogP contribution in [0.2, 0.25) is 0 Å². The first-order valence-corrected chi connectivity index (χ1v) is 9.27. The second kappa shape index (κ2) is 7.64. The number of rotatable bonds is 5. The molecule has 6 heteroatoms. The maximum Gasteiger partial charge on any atom is 0.295 e. The molecule has 1 unspecified atom stereocenters. The molecule has 1 atom stereocenters. The number of amides is 1. The van der Waals surface area contributed by atoms with Crippen molar-refractivity contribution >= 4 is 17.4 Å². The predicted octanol–water partition coefficient (Wildman–Crippen LogP) is 3.19. The SMILES string of the molecule is Cc1ccc(C)c(/C(O)=C2\C(=O)C(=O)N(CCN(C)C)C2c2ccc(C)o2)c1. The summed E-state index contributed by atoms with van der Waals surface area (Å²) in [5, 5.41) is 11.1. The Morgan fingerprint density at radius 1 is 1.14 bits per heavy atom. The van der Waals surface area contributed by atoms with Crippen molar-refractivity contribution in [3.8, 4) is 0 Å². The Hall–Kier alpha value is -2.86. The van der Waals surface area contributed by atoms with Gasteiger partial charge in [-0.1, -0.05) is 17.7 Å². The summed E-state index contributed by atoms with van der Waals surface area (Å²) in [5.74, 6) is -0.308. The minimum absolute atomic E-state index is 0.0757. The first-order chi connectivity index (χ1) is 13.2. The predicted molar refractivity (Wildman–Crippen MR) is 107 cm³/mol. The topological polar surface area (TPSA) is 74.0 Å². The number of hydrogen-bond donors (Lipinski definition) is 1. The molecule has 1 aliphatic heterocycles. The lowest BCUT2D eigenvalue weighted by Gasteiger charge is -2.24. The number of ketones is 1. The number of benzene rings is 1. The summed E-state index contributed by atoms with van der Waals surface area (Å²) in [6.45, 7) is 6.53. The van der Waals surface area contributed by atoms with Gasteiger partial charge in [-0.3, -0.25) is 9.59 Å². The van der Waals surface area contributed by atoms with Gasteiger partial charge in [0.15, 0.2) is 0 Å². The molecule has 0 aliphatic carbocycles. The summed E-state index contributed by atoms with van der Waals surface area (Å²) in [6, 6.07) is 8.45. The summed E-state index contributed by atoms with van der Waals surface area (Å²) in [7, 11) is 3.80. The van der Waals surface area contributed by atoms with Crippen LogP contribution < -0.4 is 0 Å². The number of likely N-dealkylation sites (N-methyl/N-ethyl adjacent to an activating group) is 1. The van der Waals surface area contributed by atoms with Gasteiger partial charge in [0, 0.05) is 18.7 Å². The normalized spacial score (nSPS) is 19.1. The molecule has 1 saturated heterocycles. The highest BCUT2D eigenvalue weighted by Crippen LogP contribution is 2.40. The number of aryl methyl sites for hydroxylation is 3. The smallest absolute Gasteiger partial charge is 0.295 e. The summed E-state index contributed by atoms with van der Waals surface area (Å²) < 4.78 is 5.77. The monoisotopic (exact) mass is 382 g/mol. The Kier molecular flexibility index (Phi) is 5.42. The first kappa shape index (κ1) is 19.9. The van der Waals surface area contributed by atoms with Crippen molar-refractivity contribution < 1.29 is 19.1 Å².